The summed E-state index contributed by atoms with van der Waals surface area (Å²) in [5.41, 5.74) is 0.748. The largest absolute Gasteiger partial charge is 0.506 e. The number of fused-ring (bicyclic) bond motifs is 1. The van der Waals surface area contributed by atoms with Crippen LogP contribution in [0.25, 0.3) is 10.9 Å². The molecule has 72 valence electrons. The maximum Gasteiger partial charge on any atom is 0.175 e. The van der Waals surface area contributed by atoms with Crippen molar-refractivity contribution in [3.05, 3.63) is 29.7 Å². The summed E-state index contributed by atoms with van der Waals surface area (Å²) in [4.78, 5) is 13.7. The summed E-state index contributed by atoms with van der Waals surface area (Å²) in [5, 5.41) is 9.86. The third kappa shape index (κ3) is 1.25. The highest BCUT2D eigenvalue weighted by Gasteiger charge is 2.09. The van der Waals surface area contributed by atoms with Crippen molar-refractivity contribution in [2.75, 3.05) is 0 Å². The van der Waals surface area contributed by atoms with Crippen LogP contribution in [-0.4, -0.2) is 15.9 Å². The number of Topliss-reactive ketones (excluding diaryl/α,β-unsaturated/α-hetero) is 1. The standard InChI is InChI=1S/C10H8FNO2/c1-5(13)8-3-6-2-7(11)4-9(14)10(6)12-8/h2-4,12,14H,1H3. The topological polar surface area (TPSA) is 53.1 Å². The third-order valence-electron chi connectivity index (χ3n) is 2.05. The molecule has 4 heteroatoms. The highest BCUT2D eigenvalue weighted by molar-refractivity contribution is 5.99. The lowest BCUT2D eigenvalue weighted by Crippen LogP contribution is -1.89. The average Bonchev–Trinajstić information content (AvgIpc) is 2.47. The van der Waals surface area contributed by atoms with E-state index >= 15 is 0 Å². The van der Waals surface area contributed by atoms with E-state index in [1.165, 1.54) is 19.1 Å². The number of aromatic nitrogens is 1. The number of carbonyl (C=O) groups excluding carboxylic acids is 1. The number of nitrogens with one attached hydrogen (secondary N) is 1. The quantitative estimate of drug-likeness (QED) is 0.682. The summed E-state index contributed by atoms with van der Waals surface area (Å²) in [7, 11) is 0. The first-order valence-electron chi connectivity index (χ1n) is 4.10. The number of rotatable bonds is 1. The zero-order chi connectivity index (χ0) is 10.3. The Morgan fingerprint density at radius 1 is 1.43 bits per heavy atom. The zero-order valence-corrected chi connectivity index (χ0v) is 7.47. The van der Waals surface area contributed by atoms with E-state index in [1.807, 2.05) is 0 Å². The number of phenolic OH excluding ortho intramolecular Hbond substituents is 1. The molecule has 0 radical (unpaired) electrons. The molecule has 0 aliphatic carbocycles. The summed E-state index contributed by atoms with van der Waals surface area (Å²) in [6.45, 7) is 1.40. The molecular weight excluding hydrogens is 185 g/mol. The molecule has 0 saturated carbocycles. The first kappa shape index (κ1) is 8.74. The van der Waals surface area contributed by atoms with Gasteiger partial charge in [-0.25, -0.2) is 4.39 Å². The Bertz CT molecular complexity index is 516. The number of halogens is 1. The van der Waals surface area contributed by atoms with Gasteiger partial charge in [-0.1, -0.05) is 0 Å². The van der Waals surface area contributed by atoms with Crippen LogP contribution in [0.15, 0.2) is 18.2 Å². The summed E-state index contributed by atoms with van der Waals surface area (Å²) in [6, 6.07) is 3.78. The number of phenols is 1. The smallest absolute Gasteiger partial charge is 0.175 e. The summed E-state index contributed by atoms with van der Waals surface area (Å²) in [6.07, 6.45) is 0. The molecule has 0 amide bonds. The van der Waals surface area contributed by atoms with Gasteiger partial charge >= 0.3 is 0 Å². The minimum atomic E-state index is -0.524. The molecule has 1 heterocycles. The van der Waals surface area contributed by atoms with Crippen LogP contribution < -0.4 is 0 Å². The number of aromatic amines is 1. The second-order valence-corrected chi connectivity index (χ2v) is 3.13. The lowest BCUT2D eigenvalue weighted by Gasteiger charge is -1.94. The van der Waals surface area contributed by atoms with E-state index in [4.69, 9.17) is 0 Å². The van der Waals surface area contributed by atoms with Gasteiger partial charge in [0.25, 0.3) is 0 Å². The van der Waals surface area contributed by atoms with E-state index < -0.39 is 5.82 Å². The Balaban J connectivity index is 2.76. The van der Waals surface area contributed by atoms with Gasteiger partial charge < -0.3 is 10.1 Å². The van der Waals surface area contributed by atoms with Crippen LogP contribution >= 0.6 is 0 Å². The lowest BCUT2D eigenvalue weighted by atomic mass is 10.2. The van der Waals surface area contributed by atoms with Gasteiger partial charge in [0, 0.05) is 18.4 Å². The van der Waals surface area contributed by atoms with Gasteiger partial charge in [-0.2, -0.15) is 0 Å². The molecule has 1 aromatic carbocycles. The summed E-state index contributed by atoms with van der Waals surface area (Å²) >= 11 is 0. The van der Waals surface area contributed by atoms with Crippen LogP contribution in [0.4, 0.5) is 4.39 Å². The fourth-order valence-corrected chi connectivity index (χ4v) is 1.38. The van der Waals surface area contributed by atoms with Crippen molar-refractivity contribution >= 4 is 16.7 Å². The third-order valence-corrected chi connectivity index (χ3v) is 2.05. The van der Waals surface area contributed by atoms with Crippen LogP contribution in [-0.2, 0) is 0 Å². The second kappa shape index (κ2) is 2.83. The molecule has 0 fully saturated rings. The molecule has 14 heavy (non-hydrogen) atoms. The second-order valence-electron chi connectivity index (χ2n) is 3.13. The Morgan fingerprint density at radius 3 is 2.79 bits per heavy atom. The van der Waals surface area contributed by atoms with E-state index in [2.05, 4.69) is 4.98 Å². The van der Waals surface area contributed by atoms with Gasteiger partial charge in [-0.05, 0) is 12.1 Å². The van der Waals surface area contributed by atoms with E-state index in [-0.39, 0.29) is 11.5 Å². The Morgan fingerprint density at radius 2 is 2.14 bits per heavy atom. The number of H-pyrrole nitrogens is 1. The first-order valence-corrected chi connectivity index (χ1v) is 4.10. The maximum absolute atomic E-state index is 12.8. The van der Waals surface area contributed by atoms with E-state index in [0.717, 1.165) is 6.07 Å². The number of hydrogen-bond donors (Lipinski definition) is 2. The first-order chi connectivity index (χ1) is 6.58. The monoisotopic (exact) mass is 193 g/mol. The molecule has 0 saturated heterocycles. The van der Waals surface area contributed by atoms with Gasteiger partial charge in [0.1, 0.15) is 11.6 Å². The average molecular weight is 193 g/mol. The van der Waals surface area contributed by atoms with E-state index in [1.54, 1.807) is 0 Å². The molecule has 2 aromatic rings. The molecular formula is C10H8FNO2. The van der Waals surface area contributed by atoms with Gasteiger partial charge in [0.2, 0.25) is 0 Å². The number of ketones is 1. The van der Waals surface area contributed by atoms with Crippen LogP contribution in [0.3, 0.4) is 0 Å². The van der Waals surface area contributed by atoms with Crippen LogP contribution in [0.5, 0.6) is 5.75 Å². The van der Waals surface area contributed by atoms with Crippen molar-refractivity contribution in [2.45, 2.75) is 6.92 Å². The molecule has 0 aliphatic rings. The molecule has 2 rings (SSSR count). The summed E-state index contributed by atoms with van der Waals surface area (Å²) < 4.78 is 12.8. The highest BCUT2D eigenvalue weighted by Crippen LogP contribution is 2.26. The Kier molecular flexibility index (Phi) is 1.77. The lowest BCUT2D eigenvalue weighted by molar-refractivity contribution is 0.101. The fraction of sp³-hybridized carbons (Fsp3) is 0.100. The normalized spacial score (nSPS) is 10.7. The SMILES string of the molecule is CC(=O)c1cc2cc(F)cc(O)c2[nH]1. The summed E-state index contributed by atoms with van der Waals surface area (Å²) in [5.74, 6) is -0.863. The number of aromatic hydroxyl groups is 1. The van der Waals surface area contributed by atoms with Gasteiger partial charge in [-0.3, -0.25) is 4.79 Å². The molecule has 0 bridgehead atoms. The molecule has 0 spiro atoms. The van der Waals surface area contributed by atoms with Crippen molar-refractivity contribution in [3.63, 3.8) is 0 Å². The van der Waals surface area contributed by atoms with E-state index in [0.29, 0.717) is 16.6 Å². The van der Waals surface area contributed by atoms with Crippen LogP contribution in [0.1, 0.15) is 17.4 Å². The van der Waals surface area contributed by atoms with Crippen molar-refractivity contribution in [2.24, 2.45) is 0 Å². The van der Waals surface area contributed by atoms with E-state index in [9.17, 15) is 14.3 Å². The fourth-order valence-electron chi connectivity index (χ4n) is 1.38. The van der Waals surface area contributed by atoms with Crippen molar-refractivity contribution in [3.8, 4) is 5.75 Å². The van der Waals surface area contributed by atoms with Crippen LogP contribution in [0, 0.1) is 5.82 Å². The number of hydrogen-bond acceptors (Lipinski definition) is 2. The predicted molar refractivity (Wildman–Crippen MR) is 49.9 cm³/mol. The van der Waals surface area contributed by atoms with Crippen molar-refractivity contribution < 1.29 is 14.3 Å². The van der Waals surface area contributed by atoms with Crippen molar-refractivity contribution in [1.29, 1.82) is 0 Å². The van der Waals surface area contributed by atoms with Gasteiger partial charge in [0.05, 0.1) is 11.2 Å². The molecule has 0 aliphatic heterocycles. The predicted octanol–water partition coefficient (Wildman–Crippen LogP) is 2.22. The number of benzene rings is 1. The minimum Gasteiger partial charge on any atom is -0.506 e. The van der Waals surface area contributed by atoms with Gasteiger partial charge in [0.15, 0.2) is 5.78 Å². The molecule has 0 unspecified atom stereocenters. The molecule has 3 nitrogen and oxygen atoms in total. The van der Waals surface area contributed by atoms with Gasteiger partial charge in [-0.15, -0.1) is 0 Å². The minimum absolute atomic E-state index is 0.152. The zero-order valence-electron chi connectivity index (χ0n) is 7.47. The maximum atomic E-state index is 12.8. The molecule has 2 N–H and O–H groups in total. The van der Waals surface area contributed by atoms with Crippen LogP contribution in [0.2, 0.25) is 0 Å². The van der Waals surface area contributed by atoms with Crippen molar-refractivity contribution in [1.82, 2.24) is 4.98 Å². The Labute approximate surface area is 79.2 Å². The highest BCUT2D eigenvalue weighted by atomic mass is 19.1. The number of carbonyl (C=O) groups is 1. The molecule has 0 atom stereocenters. The molecule has 1 aromatic heterocycles. The Hall–Kier alpha value is -1.84.